The average molecular weight is 1220 g/mol. The number of carbonyl (C=O) groups excluding carboxylic acids is 2. The molecule has 0 spiro atoms. The Balaban J connectivity index is 4.93. The van der Waals surface area contributed by atoms with Gasteiger partial charge in [0.05, 0.1) is 33.8 Å². The summed E-state index contributed by atoms with van der Waals surface area (Å²) in [6.07, 6.45) is 81.4. The van der Waals surface area contributed by atoms with E-state index in [1.165, 1.54) is 283 Å². The number of likely N-dealkylation sites (N-methyl/N-ethyl adjacent to an activating group) is 1. The molecular formula is C75H145N2O7P. The lowest BCUT2D eigenvalue weighted by Crippen LogP contribution is -2.47. The molecule has 10 heteroatoms. The molecule has 1 N–H and O–H groups in total. The summed E-state index contributed by atoms with van der Waals surface area (Å²) in [6, 6.07) is -0.885. The standard InChI is InChI=1S/C75H145N2O7P/c1-7-10-13-16-19-22-25-27-29-31-33-35-37-38-40-41-43-45-47-49-52-55-58-61-64-67-74(78)76-72(71-83-85(80,81)82-70-69-77(4,5)6)73(66-63-60-57-54-51-24-21-18-15-12-9-3)84-75(79)68-65-62-59-56-53-50-48-46-44-42-39-36-34-32-30-28-26-23-20-17-14-11-8-2/h20,23,28,30,63,66,72-73H,7-19,21-22,24-27,29,31-62,64-65,67-71H2,1-6H3,(H-,76,78,80,81)/b23-20-,30-28-,66-63+. The maximum absolute atomic E-state index is 13.6. The minimum atomic E-state index is -4.70. The first-order valence-electron chi connectivity index (χ1n) is 37.3. The van der Waals surface area contributed by atoms with Gasteiger partial charge in [0.25, 0.3) is 7.82 Å². The van der Waals surface area contributed by atoms with Crippen LogP contribution in [-0.4, -0.2) is 69.4 Å². The highest BCUT2D eigenvalue weighted by Gasteiger charge is 2.27. The Labute approximate surface area is 529 Å². The van der Waals surface area contributed by atoms with Crippen molar-refractivity contribution in [3.63, 3.8) is 0 Å². The smallest absolute Gasteiger partial charge is 0.306 e. The molecule has 85 heavy (non-hydrogen) atoms. The molecule has 0 heterocycles. The van der Waals surface area contributed by atoms with Gasteiger partial charge < -0.3 is 28.5 Å². The van der Waals surface area contributed by atoms with Crippen LogP contribution in [0.2, 0.25) is 0 Å². The first-order chi connectivity index (χ1) is 41.4. The summed E-state index contributed by atoms with van der Waals surface area (Å²) in [5.74, 6) is -0.521. The maximum Gasteiger partial charge on any atom is 0.306 e. The van der Waals surface area contributed by atoms with Crippen LogP contribution in [0.3, 0.4) is 0 Å². The summed E-state index contributed by atoms with van der Waals surface area (Å²) < 4.78 is 30.5. The molecule has 1 amide bonds. The van der Waals surface area contributed by atoms with Gasteiger partial charge in [0, 0.05) is 12.8 Å². The number of phosphoric acid groups is 1. The Morgan fingerprint density at radius 2 is 0.718 bits per heavy atom. The number of hydrogen-bond donors (Lipinski definition) is 1. The Morgan fingerprint density at radius 3 is 1.08 bits per heavy atom. The molecule has 0 aromatic heterocycles. The number of amides is 1. The molecule has 0 aliphatic carbocycles. The minimum absolute atomic E-state index is 0.0191. The quantitative estimate of drug-likeness (QED) is 0.0212. The average Bonchev–Trinajstić information content (AvgIpc) is 3.62. The van der Waals surface area contributed by atoms with Crippen molar-refractivity contribution >= 4 is 19.7 Å². The first-order valence-corrected chi connectivity index (χ1v) is 38.8. The van der Waals surface area contributed by atoms with E-state index in [-0.39, 0.29) is 31.5 Å². The number of hydrogen-bond acceptors (Lipinski definition) is 7. The number of rotatable bonds is 69. The second-order valence-corrected chi connectivity index (χ2v) is 28.2. The van der Waals surface area contributed by atoms with Crippen LogP contribution in [0.25, 0.3) is 0 Å². The number of phosphoric ester groups is 1. The third kappa shape index (κ3) is 66.5. The minimum Gasteiger partial charge on any atom is -0.756 e. The van der Waals surface area contributed by atoms with Crippen LogP contribution in [-0.2, 0) is 27.9 Å². The predicted octanol–water partition coefficient (Wildman–Crippen LogP) is 23.2. The van der Waals surface area contributed by atoms with Gasteiger partial charge in [-0.05, 0) is 63.9 Å². The van der Waals surface area contributed by atoms with Crippen LogP contribution in [0.4, 0.5) is 0 Å². The van der Waals surface area contributed by atoms with E-state index in [1.807, 2.05) is 33.3 Å². The zero-order valence-corrected chi connectivity index (χ0v) is 58.5. The van der Waals surface area contributed by atoms with E-state index in [9.17, 15) is 19.0 Å². The van der Waals surface area contributed by atoms with E-state index in [1.54, 1.807) is 0 Å². The third-order valence-corrected chi connectivity index (χ3v) is 18.0. The molecule has 0 aromatic carbocycles. The maximum atomic E-state index is 13.6. The number of nitrogens with one attached hydrogen (secondary N) is 1. The lowest BCUT2D eigenvalue weighted by Gasteiger charge is -2.30. The number of ether oxygens (including phenoxy) is 1. The number of esters is 1. The molecule has 0 radical (unpaired) electrons. The van der Waals surface area contributed by atoms with Crippen molar-refractivity contribution in [2.75, 3.05) is 40.9 Å². The summed E-state index contributed by atoms with van der Waals surface area (Å²) in [7, 11) is 1.20. The predicted molar refractivity (Wildman–Crippen MR) is 367 cm³/mol. The van der Waals surface area contributed by atoms with Gasteiger partial charge in [-0.15, -0.1) is 0 Å². The van der Waals surface area contributed by atoms with Crippen LogP contribution in [0.15, 0.2) is 36.5 Å². The molecule has 9 nitrogen and oxygen atoms in total. The largest absolute Gasteiger partial charge is 0.756 e. The zero-order valence-electron chi connectivity index (χ0n) is 57.6. The Bertz CT molecular complexity index is 1550. The van der Waals surface area contributed by atoms with Gasteiger partial charge in [-0.1, -0.05) is 340 Å². The number of unbranched alkanes of at least 4 members (excludes halogenated alkanes) is 49. The number of allylic oxidation sites excluding steroid dienone is 5. The van der Waals surface area contributed by atoms with Crippen molar-refractivity contribution in [1.82, 2.24) is 5.32 Å². The lowest BCUT2D eigenvalue weighted by molar-refractivity contribution is -0.870. The molecular weight excluding hydrogens is 1070 g/mol. The van der Waals surface area contributed by atoms with Gasteiger partial charge >= 0.3 is 5.97 Å². The molecule has 0 saturated carbocycles. The van der Waals surface area contributed by atoms with Gasteiger partial charge in [0.1, 0.15) is 19.3 Å². The van der Waals surface area contributed by atoms with Crippen LogP contribution in [0.5, 0.6) is 0 Å². The molecule has 0 aromatic rings. The van der Waals surface area contributed by atoms with E-state index >= 15 is 0 Å². The summed E-state index contributed by atoms with van der Waals surface area (Å²) in [5, 5.41) is 3.05. The van der Waals surface area contributed by atoms with Crippen LogP contribution >= 0.6 is 7.82 Å². The van der Waals surface area contributed by atoms with Gasteiger partial charge in [0.15, 0.2) is 0 Å². The van der Waals surface area contributed by atoms with E-state index in [2.05, 4.69) is 50.4 Å². The van der Waals surface area contributed by atoms with Crippen molar-refractivity contribution < 1.29 is 37.3 Å². The highest BCUT2D eigenvalue weighted by Crippen LogP contribution is 2.38. The molecule has 3 unspecified atom stereocenters. The van der Waals surface area contributed by atoms with Crippen LogP contribution in [0, 0.1) is 0 Å². The summed E-state index contributed by atoms with van der Waals surface area (Å²) in [4.78, 5) is 40.2. The molecule has 0 rings (SSSR count). The van der Waals surface area contributed by atoms with E-state index in [0.29, 0.717) is 17.4 Å². The van der Waals surface area contributed by atoms with Crippen LogP contribution in [0.1, 0.15) is 380 Å². The Morgan fingerprint density at radius 1 is 0.412 bits per heavy atom. The van der Waals surface area contributed by atoms with Gasteiger partial charge in [-0.2, -0.15) is 0 Å². The third-order valence-electron chi connectivity index (χ3n) is 17.1. The molecule has 502 valence electrons. The summed E-state index contributed by atoms with van der Waals surface area (Å²) in [5.41, 5.74) is 0. The second-order valence-electron chi connectivity index (χ2n) is 26.8. The highest BCUT2D eigenvalue weighted by molar-refractivity contribution is 7.45. The fraction of sp³-hybridized carbons (Fsp3) is 0.893. The Kier molecular flexibility index (Phi) is 63.8. The molecule has 0 bridgehead atoms. The monoisotopic (exact) mass is 1220 g/mol. The second kappa shape index (κ2) is 65.2. The number of carbonyl (C=O) groups is 2. The molecule has 0 fully saturated rings. The molecule has 0 aliphatic heterocycles. The topological polar surface area (TPSA) is 114 Å². The van der Waals surface area contributed by atoms with Crippen molar-refractivity contribution in [2.24, 2.45) is 0 Å². The van der Waals surface area contributed by atoms with Gasteiger partial charge in [-0.25, -0.2) is 0 Å². The van der Waals surface area contributed by atoms with Crippen molar-refractivity contribution in [3.05, 3.63) is 36.5 Å². The summed E-state index contributed by atoms with van der Waals surface area (Å²) in [6.45, 7) is 6.88. The van der Waals surface area contributed by atoms with E-state index in [0.717, 1.165) is 64.2 Å². The number of nitrogens with zero attached hydrogens (tertiary/aromatic N) is 1. The first kappa shape index (κ1) is 83.2. The summed E-state index contributed by atoms with van der Waals surface area (Å²) >= 11 is 0. The van der Waals surface area contributed by atoms with Crippen molar-refractivity contribution in [1.29, 1.82) is 0 Å². The normalized spacial score (nSPS) is 13.6. The fourth-order valence-electron chi connectivity index (χ4n) is 11.3. The zero-order chi connectivity index (χ0) is 62.1. The SMILES string of the molecule is CCCCC/C=C\C/C=C\CCCCCCCCCCCCCCCC(=O)OC(/C=C/CCCCCCCCCCC)C(COP(=O)([O-])OCC[N+](C)(C)C)NC(=O)CCCCCCCCCCCCCCCCCCCCCCCCCCC. The lowest BCUT2D eigenvalue weighted by atomic mass is 10.0. The van der Waals surface area contributed by atoms with Gasteiger partial charge in [-0.3, -0.25) is 14.2 Å². The molecule has 0 saturated heterocycles. The van der Waals surface area contributed by atoms with Crippen molar-refractivity contribution in [3.8, 4) is 0 Å². The van der Waals surface area contributed by atoms with Crippen molar-refractivity contribution in [2.45, 2.75) is 392 Å². The van der Waals surface area contributed by atoms with E-state index in [4.69, 9.17) is 13.8 Å². The van der Waals surface area contributed by atoms with Gasteiger partial charge in [0.2, 0.25) is 5.91 Å². The van der Waals surface area contributed by atoms with E-state index < -0.39 is 20.0 Å². The fourth-order valence-corrected chi connectivity index (χ4v) is 12.0. The molecule has 0 aliphatic rings. The van der Waals surface area contributed by atoms with Crippen LogP contribution < -0.4 is 10.2 Å². The Hall–Kier alpha value is -1.77. The highest BCUT2D eigenvalue weighted by atomic mass is 31.2. The number of quaternary nitrogens is 1. The molecule has 3 atom stereocenters.